The molecule has 0 heterocycles. The Bertz CT molecular complexity index is 793. The molecule has 0 bridgehead atoms. The number of nitrogens with one attached hydrogen (secondary N) is 1. The van der Waals surface area contributed by atoms with Gasteiger partial charge in [0.1, 0.15) is 0 Å². The number of rotatable bonds is 8. The molecule has 2 aromatic rings. The van der Waals surface area contributed by atoms with E-state index in [0.29, 0.717) is 18.2 Å². The van der Waals surface area contributed by atoms with Crippen LogP contribution in [0.2, 0.25) is 0 Å². The third-order valence-electron chi connectivity index (χ3n) is 4.29. The van der Waals surface area contributed by atoms with Crippen molar-refractivity contribution in [2.24, 2.45) is 5.73 Å². The van der Waals surface area contributed by atoms with E-state index < -0.39 is 5.91 Å². The van der Waals surface area contributed by atoms with Gasteiger partial charge in [-0.05, 0) is 42.3 Å². The van der Waals surface area contributed by atoms with Crippen molar-refractivity contribution in [3.8, 4) is 0 Å². The summed E-state index contributed by atoms with van der Waals surface area (Å²) in [6.07, 6.45) is 1.20. The van der Waals surface area contributed by atoms with Gasteiger partial charge in [-0.15, -0.1) is 0 Å². The largest absolute Gasteiger partial charge is 0.370 e. The number of carbonyl (C=O) groups is 2. The number of thiocarbonyl (C=S) groups is 1. The Morgan fingerprint density at radius 2 is 1.70 bits per heavy atom. The maximum atomic E-state index is 12.4. The SMILES string of the molecule is Cc1ccccc1CC(=O)NC(=S)N(CCC(N)=O)CCc1ccccc1. The molecular formula is C21H25N3O2S. The van der Waals surface area contributed by atoms with Crippen LogP contribution in [-0.2, 0) is 22.4 Å². The summed E-state index contributed by atoms with van der Waals surface area (Å²) in [4.78, 5) is 25.4. The Morgan fingerprint density at radius 3 is 2.37 bits per heavy atom. The molecule has 2 rings (SSSR count). The van der Waals surface area contributed by atoms with Gasteiger partial charge in [0.15, 0.2) is 5.11 Å². The molecule has 0 atom stereocenters. The Morgan fingerprint density at radius 1 is 1.04 bits per heavy atom. The number of hydrogen-bond acceptors (Lipinski definition) is 3. The van der Waals surface area contributed by atoms with Crippen molar-refractivity contribution in [3.05, 3.63) is 71.3 Å². The number of nitrogens with two attached hydrogens (primary N) is 1. The fourth-order valence-electron chi connectivity index (χ4n) is 2.69. The van der Waals surface area contributed by atoms with Crippen LogP contribution < -0.4 is 11.1 Å². The predicted octanol–water partition coefficient (Wildman–Crippen LogP) is 2.36. The summed E-state index contributed by atoms with van der Waals surface area (Å²) < 4.78 is 0. The summed E-state index contributed by atoms with van der Waals surface area (Å²) in [5.74, 6) is -0.563. The maximum absolute atomic E-state index is 12.4. The summed E-state index contributed by atoms with van der Waals surface area (Å²) in [6, 6.07) is 17.7. The van der Waals surface area contributed by atoms with Crippen LogP contribution in [0.15, 0.2) is 54.6 Å². The summed E-state index contributed by atoms with van der Waals surface area (Å²) in [5.41, 5.74) is 8.46. The van der Waals surface area contributed by atoms with Crippen LogP contribution in [0.1, 0.15) is 23.1 Å². The molecule has 0 saturated carbocycles. The zero-order valence-corrected chi connectivity index (χ0v) is 16.3. The van der Waals surface area contributed by atoms with Gasteiger partial charge in [0.2, 0.25) is 11.8 Å². The first-order valence-electron chi connectivity index (χ1n) is 8.91. The topological polar surface area (TPSA) is 75.4 Å². The second kappa shape index (κ2) is 10.4. The normalized spacial score (nSPS) is 10.3. The number of nitrogens with zero attached hydrogens (tertiary/aromatic N) is 1. The van der Waals surface area contributed by atoms with E-state index in [2.05, 4.69) is 5.32 Å². The third kappa shape index (κ3) is 7.19. The lowest BCUT2D eigenvalue weighted by atomic mass is 10.1. The fourth-order valence-corrected chi connectivity index (χ4v) is 2.99. The van der Waals surface area contributed by atoms with Crippen molar-refractivity contribution in [3.63, 3.8) is 0 Å². The lowest BCUT2D eigenvalue weighted by molar-refractivity contribution is -0.119. The zero-order chi connectivity index (χ0) is 19.6. The quantitative estimate of drug-likeness (QED) is 0.686. The molecule has 0 unspecified atom stereocenters. The van der Waals surface area contributed by atoms with Crippen LogP contribution >= 0.6 is 12.2 Å². The highest BCUT2D eigenvalue weighted by atomic mass is 32.1. The van der Waals surface area contributed by atoms with Crippen molar-refractivity contribution in [2.75, 3.05) is 13.1 Å². The lowest BCUT2D eigenvalue weighted by Crippen LogP contribution is -2.45. The van der Waals surface area contributed by atoms with Crippen LogP contribution in [0.4, 0.5) is 0 Å². The number of benzene rings is 2. The first kappa shape index (κ1) is 20.6. The van der Waals surface area contributed by atoms with Gasteiger partial charge in [-0.2, -0.15) is 0 Å². The fraction of sp³-hybridized carbons (Fsp3) is 0.286. The highest BCUT2D eigenvalue weighted by molar-refractivity contribution is 7.80. The molecular weight excluding hydrogens is 358 g/mol. The van der Waals surface area contributed by atoms with Crippen LogP contribution in [0, 0.1) is 6.92 Å². The average Bonchev–Trinajstić information content (AvgIpc) is 2.64. The Hall–Kier alpha value is -2.73. The van der Waals surface area contributed by atoms with E-state index in [9.17, 15) is 9.59 Å². The van der Waals surface area contributed by atoms with Gasteiger partial charge in [-0.25, -0.2) is 0 Å². The highest BCUT2D eigenvalue weighted by Crippen LogP contribution is 2.08. The first-order chi connectivity index (χ1) is 13.0. The molecule has 27 heavy (non-hydrogen) atoms. The van der Waals surface area contributed by atoms with Gasteiger partial charge >= 0.3 is 0 Å². The average molecular weight is 384 g/mol. The molecule has 3 N–H and O–H groups in total. The second-order valence-electron chi connectivity index (χ2n) is 6.40. The minimum Gasteiger partial charge on any atom is -0.370 e. The minimum atomic E-state index is -0.395. The lowest BCUT2D eigenvalue weighted by Gasteiger charge is -2.25. The van der Waals surface area contributed by atoms with Gasteiger partial charge in [0.05, 0.1) is 6.42 Å². The summed E-state index contributed by atoms with van der Waals surface area (Å²) >= 11 is 5.41. The number of primary amides is 1. The van der Waals surface area contributed by atoms with Crippen molar-refractivity contribution in [2.45, 2.75) is 26.2 Å². The van der Waals surface area contributed by atoms with Crippen molar-refractivity contribution in [1.29, 1.82) is 0 Å². The Labute approximate surface area is 165 Å². The van der Waals surface area contributed by atoms with Crippen LogP contribution in [0.25, 0.3) is 0 Å². The smallest absolute Gasteiger partial charge is 0.230 e. The van der Waals surface area contributed by atoms with E-state index in [-0.39, 0.29) is 18.7 Å². The molecule has 0 saturated heterocycles. The standard InChI is InChI=1S/C21H25N3O2S/c1-16-7-5-6-10-18(16)15-20(26)23-21(27)24(14-12-19(22)25)13-11-17-8-3-2-4-9-17/h2-10H,11-15H2,1H3,(H2,22,25)(H,23,26,27). The third-order valence-corrected chi connectivity index (χ3v) is 4.65. The van der Waals surface area contributed by atoms with Crippen molar-refractivity contribution in [1.82, 2.24) is 10.2 Å². The van der Waals surface area contributed by atoms with Crippen LogP contribution in [-0.4, -0.2) is 34.9 Å². The molecule has 0 aliphatic rings. The molecule has 142 valence electrons. The molecule has 0 fully saturated rings. The Kier molecular flexibility index (Phi) is 7.95. The van der Waals surface area contributed by atoms with Crippen LogP contribution in [0.5, 0.6) is 0 Å². The summed E-state index contributed by atoms with van der Waals surface area (Å²) in [7, 11) is 0. The summed E-state index contributed by atoms with van der Waals surface area (Å²) in [5, 5.41) is 3.11. The molecule has 0 radical (unpaired) electrons. The van der Waals surface area contributed by atoms with Gasteiger partial charge in [-0.3, -0.25) is 9.59 Å². The van der Waals surface area contributed by atoms with E-state index in [1.54, 1.807) is 0 Å². The number of hydrogen-bond donors (Lipinski definition) is 2. The van der Waals surface area contributed by atoms with Crippen molar-refractivity contribution >= 4 is 29.1 Å². The van der Waals surface area contributed by atoms with Crippen molar-refractivity contribution < 1.29 is 9.59 Å². The molecule has 5 nitrogen and oxygen atoms in total. The van der Waals surface area contributed by atoms with Gasteiger partial charge in [0, 0.05) is 19.5 Å². The van der Waals surface area contributed by atoms with Gasteiger partial charge in [0.25, 0.3) is 0 Å². The minimum absolute atomic E-state index is 0.168. The zero-order valence-electron chi connectivity index (χ0n) is 15.5. The van der Waals surface area contributed by atoms with Gasteiger partial charge in [-0.1, -0.05) is 54.6 Å². The van der Waals surface area contributed by atoms with E-state index in [0.717, 1.165) is 23.1 Å². The molecule has 0 spiro atoms. The Balaban J connectivity index is 1.96. The molecule has 0 aliphatic carbocycles. The molecule has 0 aliphatic heterocycles. The predicted molar refractivity (Wildman–Crippen MR) is 111 cm³/mol. The second-order valence-corrected chi connectivity index (χ2v) is 6.78. The van der Waals surface area contributed by atoms with E-state index in [4.69, 9.17) is 18.0 Å². The molecule has 0 aromatic heterocycles. The number of aryl methyl sites for hydroxylation is 1. The number of amides is 2. The van der Waals surface area contributed by atoms with E-state index in [1.165, 1.54) is 0 Å². The number of carbonyl (C=O) groups excluding carboxylic acids is 2. The maximum Gasteiger partial charge on any atom is 0.230 e. The van der Waals surface area contributed by atoms with Crippen LogP contribution in [0.3, 0.4) is 0 Å². The molecule has 2 aromatic carbocycles. The molecule has 6 heteroatoms. The molecule has 2 amide bonds. The van der Waals surface area contributed by atoms with E-state index in [1.807, 2.05) is 66.4 Å². The van der Waals surface area contributed by atoms with E-state index >= 15 is 0 Å². The van der Waals surface area contributed by atoms with Gasteiger partial charge < -0.3 is 16.0 Å². The summed E-state index contributed by atoms with van der Waals surface area (Å²) in [6.45, 7) is 2.95. The monoisotopic (exact) mass is 383 g/mol. The first-order valence-corrected chi connectivity index (χ1v) is 9.32. The highest BCUT2D eigenvalue weighted by Gasteiger charge is 2.14.